The lowest BCUT2D eigenvalue weighted by Gasteiger charge is -2.17. The summed E-state index contributed by atoms with van der Waals surface area (Å²) < 4.78 is 0. The molecule has 0 aliphatic carbocycles. The van der Waals surface area contributed by atoms with Crippen LogP contribution in [0.15, 0.2) is 35.7 Å². The maximum absolute atomic E-state index is 12.4. The van der Waals surface area contributed by atoms with Crippen LogP contribution in [0.4, 0.5) is 0 Å². The van der Waals surface area contributed by atoms with Crippen molar-refractivity contribution < 1.29 is 19.2 Å². The molecule has 0 saturated carbocycles. The summed E-state index contributed by atoms with van der Waals surface area (Å²) in [4.78, 5) is 51.0. The Bertz CT molecular complexity index is 922. The van der Waals surface area contributed by atoms with E-state index in [9.17, 15) is 19.2 Å². The summed E-state index contributed by atoms with van der Waals surface area (Å²) >= 11 is 1.52. The normalized spacial score (nSPS) is 13.0. The van der Waals surface area contributed by atoms with E-state index in [1.54, 1.807) is 13.8 Å². The number of benzene rings is 1. The third-order valence-electron chi connectivity index (χ3n) is 4.34. The van der Waals surface area contributed by atoms with E-state index in [4.69, 9.17) is 0 Å². The third kappa shape index (κ3) is 4.12. The zero-order chi connectivity index (χ0) is 20.3. The number of hydrogen-bond acceptors (Lipinski definition) is 5. The Kier molecular flexibility index (Phi) is 5.89. The molecule has 0 bridgehead atoms. The van der Waals surface area contributed by atoms with Gasteiger partial charge in [-0.2, -0.15) is 0 Å². The second-order valence-electron chi connectivity index (χ2n) is 6.70. The van der Waals surface area contributed by atoms with Gasteiger partial charge in [-0.25, -0.2) is 0 Å². The number of nitrogens with zero attached hydrogens (tertiary/aromatic N) is 1. The second-order valence-corrected chi connectivity index (χ2v) is 7.73. The van der Waals surface area contributed by atoms with Gasteiger partial charge < -0.3 is 10.6 Å². The van der Waals surface area contributed by atoms with E-state index in [2.05, 4.69) is 10.6 Å². The molecule has 8 heteroatoms. The lowest BCUT2D eigenvalue weighted by molar-refractivity contribution is -0.120. The van der Waals surface area contributed by atoms with E-state index in [1.165, 1.54) is 34.4 Å². The molecule has 0 fully saturated rings. The summed E-state index contributed by atoms with van der Waals surface area (Å²) in [5.74, 6) is -1.19. The molecule has 1 aliphatic rings. The number of imide groups is 1. The van der Waals surface area contributed by atoms with Crippen molar-refractivity contribution in [3.05, 3.63) is 57.3 Å². The maximum Gasteiger partial charge on any atom is 0.261 e. The number of hydrogen-bond donors (Lipinski definition) is 2. The molecule has 28 heavy (non-hydrogen) atoms. The molecular formula is C20H21N3O4S. The molecule has 1 aromatic carbocycles. The summed E-state index contributed by atoms with van der Waals surface area (Å²) in [6.07, 6.45) is 0.318. The van der Waals surface area contributed by atoms with Crippen molar-refractivity contribution in [2.45, 2.75) is 26.3 Å². The molecule has 0 saturated heterocycles. The quantitative estimate of drug-likeness (QED) is 0.549. The number of carbonyl (C=O) groups is 4. The van der Waals surface area contributed by atoms with Gasteiger partial charge in [0, 0.05) is 29.6 Å². The first-order valence-corrected chi connectivity index (χ1v) is 9.85. The van der Waals surface area contributed by atoms with E-state index in [1.807, 2.05) is 17.5 Å². The molecule has 0 radical (unpaired) electrons. The van der Waals surface area contributed by atoms with Crippen LogP contribution in [0.3, 0.4) is 0 Å². The molecule has 7 nitrogen and oxygen atoms in total. The van der Waals surface area contributed by atoms with Gasteiger partial charge in [0.25, 0.3) is 17.7 Å². The van der Waals surface area contributed by atoms with Crippen LogP contribution < -0.4 is 10.6 Å². The van der Waals surface area contributed by atoms with Crippen LogP contribution in [0, 0.1) is 0 Å². The fraction of sp³-hybridized carbons (Fsp3) is 0.300. The standard InChI is InChI=1S/C20H21N3O4S/c1-12(2)23-19(26)15-6-5-13(10-16(15)20(23)27)18(25)22-8-7-21-17(24)11-14-4-3-9-28-14/h3-6,9-10,12H,7-8,11H2,1-2H3,(H,21,24)(H,22,25). The van der Waals surface area contributed by atoms with E-state index in [-0.39, 0.29) is 41.8 Å². The number of thiophene rings is 1. The fourth-order valence-corrected chi connectivity index (χ4v) is 3.69. The number of carbonyl (C=O) groups excluding carboxylic acids is 4. The van der Waals surface area contributed by atoms with Crippen molar-refractivity contribution in [2.75, 3.05) is 13.1 Å². The van der Waals surface area contributed by atoms with Gasteiger partial charge in [0.15, 0.2) is 0 Å². The minimum absolute atomic E-state index is 0.105. The largest absolute Gasteiger partial charge is 0.354 e. The molecule has 2 heterocycles. The van der Waals surface area contributed by atoms with Gasteiger partial charge in [-0.15, -0.1) is 11.3 Å². The van der Waals surface area contributed by atoms with Crippen LogP contribution >= 0.6 is 11.3 Å². The predicted octanol–water partition coefficient (Wildman–Crippen LogP) is 1.84. The molecule has 2 aromatic rings. The Morgan fingerprint density at radius 3 is 2.43 bits per heavy atom. The number of rotatable bonds is 7. The third-order valence-corrected chi connectivity index (χ3v) is 5.22. The second kappa shape index (κ2) is 8.35. The van der Waals surface area contributed by atoms with Crippen LogP contribution in [0.25, 0.3) is 0 Å². The number of amides is 4. The highest BCUT2D eigenvalue weighted by molar-refractivity contribution is 7.10. The first-order valence-electron chi connectivity index (χ1n) is 8.97. The van der Waals surface area contributed by atoms with Gasteiger partial charge in [-0.05, 0) is 43.5 Å². The smallest absolute Gasteiger partial charge is 0.261 e. The molecule has 0 spiro atoms. The van der Waals surface area contributed by atoms with Gasteiger partial charge >= 0.3 is 0 Å². The van der Waals surface area contributed by atoms with Crippen molar-refractivity contribution in [1.82, 2.24) is 15.5 Å². The van der Waals surface area contributed by atoms with Gasteiger partial charge in [-0.1, -0.05) is 6.07 Å². The summed E-state index contributed by atoms with van der Waals surface area (Å²) in [5.41, 5.74) is 0.863. The maximum atomic E-state index is 12.4. The molecule has 0 atom stereocenters. The summed E-state index contributed by atoms with van der Waals surface area (Å²) in [6, 6.07) is 8.02. The lowest BCUT2D eigenvalue weighted by atomic mass is 10.1. The average Bonchev–Trinajstić information content (AvgIpc) is 3.25. The van der Waals surface area contributed by atoms with Crippen molar-refractivity contribution in [3.63, 3.8) is 0 Å². The summed E-state index contributed by atoms with van der Waals surface area (Å²) in [6.45, 7) is 4.10. The van der Waals surface area contributed by atoms with Crippen molar-refractivity contribution in [1.29, 1.82) is 0 Å². The molecule has 0 unspecified atom stereocenters. The van der Waals surface area contributed by atoms with Crippen LogP contribution in [0.1, 0.15) is 49.8 Å². The Labute approximate surface area is 166 Å². The first kappa shape index (κ1) is 19.8. The minimum atomic E-state index is -0.384. The van der Waals surface area contributed by atoms with E-state index in [0.717, 1.165) is 4.88 Å². The molecule has 3 rings (SSSR count). The zero-order valence-corrected chi connectivity index (χ0v) is 16.5. The Balaban J connectivity index is 1.53. The van der Waals surface area contributed by atoms with E-state index >= 15 is 0 Å². The number of nitrogens with one attached hydrogen (secondary N) is 2. The van der Waals surface area contributed by atoms with Gasteiger partial charge in [0.05, 0.1) is 17.5 Å². The van der Waals surface area contributed by atoms with Gasteiger partial charge in [0.2, 0.25) is 5.91 Å². The summed E-state index contributed by atoms with van der Waals surface area (Å²) in [5, 5.41) is 7.37. The highest BCUT2D eigenvalue weighted by atomic mass is 32.1. The number of fused-ring (bicyclic) bond motifs is 1. The first-order chi connectivity index (χ1) is 13.4. The van der Waals surface area contributed by atoms with Crippen molar-refractivity contribution >= 4 is 35.0 Å². The molecule has 1 aromatic heterocycles. The Hall–Kier alpha value is -3.00. The highest BCUT2D eigenvalue weighted by Crippen LogP contribution is 2.25. The van der Waals surface area contributed by atoms with Crippen LogP contribution in [-0.2, 0) is 11.2 Å². The van der Waals surface area contributed by atoms with Crippen LogP contribution in [0.5, 0.6) is 0 Å². The molecule has 4 amide bonds. The van der Waals surface area contributed by atoms with Crippen molar-refractivity contribution in [3.8, 4) is 0 Å². The molecule has 2 N–H and O–H groups in total. The van der Waals surface area contributed by atoms with E-state index < -0.39 is 0 Å². The summed E-state index contributed by atoms with van der Waals surface area (Å²) in [7, 11) is 0. The van der Waals surface area contributed by atoms with Gasteiger partial charge in [0.1, 0.15) is 0 Å². The van der Waals surface area contributed by atoms with Crippen LogP contribution in [-0.4, -0.2) is 47.7 Å². The van der Waals surface area contributed by atoms with Crippen molar-refractivity contribution in [2.24, 2.45) is 0 Å². The fourth-order valence-electron chi connectivity index (χ4n) is 2.98. The zero-order valence-electron chi connectivity index (χ0n) is 15.7. The Morgan fingerprint density at radius 1 is 1.04 bits per heavy atom. The average molecular weight is 399 g/mol. The lowest BCUT2D eigenvalue weighted by Crippen LogP contribution is -2.36. The monoisotopic (exact) mass is 399 g/mol. The highest BCUT2D eigenvalue weighted by Gasteiger charge is 2.37. The minimum Gasteiger partial charge on any atom is -0.354 e. The topological polar surface area (TPSA) is 95.6 Å². The van der Waals surface area contributed by atoms with Crippen LogP contribution in [0.2, 0.25) is 0 Å². The van der Waals surface area contributed by atoms with Gasteiger partial charge in [-0.3, -0.25) is 24.1 Å². The molecular weight excluding hydrogens is 378 g/mol. The molecule has 1 aliphatic heterocycles. The van der Waals surface area contributed by atoms with E-state index in [0.29, 0.717) is 24.1 Å². The predicted molar refractivity (Wildman–Crippen MR) is 105 cm³/mol. The molecule has 146 valence electrons. The SMILES string of the molecule is CC(C)N1C(=O)c2ccc(C(=O)NCCNC(=O)Cc3cccs3)cc2C1=O. The Morgan fingerprint density at radius 2 is 1.75 bits per heavy atom.